The van der Waals surface area contributed by atoms with E-state index in [1.54, 1.807) is 4.90 Å². The van der Waals surface area contributed by atoms with E-state index in [2.05, 4.69) is 12.1 Å². The molecule has 2 rings (SSSR count). The Morgan fingerprint density at radius 3 is 2.59 bits per heavy atom. The molecule has 1 saturated heterocycles. The summed E-state index contributed by atoms with van der Waals surface area (Å²) in [5, 5.41) is 0. The van der Waals surface area contributed by atoms with E-state index in [0.29, 0.717) is 19.5 Å². The minimum atomic E-state index is -0.400. The molecule has 1 aromatic carbocycles. The van der Waals surface area contributed by atoms with Gasteiger partial charge >= 0.3 is 0 Å². The van der Waals surface area contributed by atoms with Gasteiger partial charge in [0.15, 0.2) is 0 Å². The Labute approximate surface area is 102 Å². The highest BCUT2D eigenvalue weighted by molar-refractivity contribution is 5.82. The zero-order valence-corrected chi connectivity index (χ0v) is 9.88. The number of nitrogens with two attached hydrogens (primary N) is 2. The first-order valence-corrected chi connectivity index (χ1v) is 6.00. The SMILES string of the molecule is NC1CN(C(=O)[C@@H](N)CCc2ccccc2)C1. The molecule has 4 N–H and O–H groups in total. The number of aryl methyl sites for hydroxylation is 1. The quantitative estimate of drug-likeness (QED) is 0.775. The predicted molar refractivity (Wildman–Crippen MR) is 67.3 cm³/mol. The van der Waals surface area contributed by atoms with Crippen molar-refractivity contribution in [2.24, 2.45) is 11.5 Å². The number of benzene rings is 1. The van der Waals surface area contributed by atoms with E-state index in [4.69, 9.17) is 11.5 Å². The first-order chi connectivity index (χ1) is 8.16. The van der Waals surface area contributed by atoms with Gasteiger partial charge in [-0.2, -0.15) is 0 Å². The van der Waals surface area contributed by atoms with Crippen molar-refractivity contribution in [2.75, 3.05) is 13.1 Å². The molecule has 0 radical (unpaired) electrons. The molecule has 17 heavy (non-hydrogen) atoms. The first kappa shape index (κ1) is 12.1. The average molecular weight is 233 g/mol. The van der Waals surface area contributed by atoms with Gasteiger partial charge < -0.3 is 16.4 Å². The minimum Gasteiger partial charge on any atom is -0.338 e. The third-order valence-corrected chi connectivity index (χ3v) is 3.13. The second kappa shape index (κ2) is 5.29. The van der Waals surface area contributed by atoms with Gasteiger partial charge in [0.25, 0.3) is 0 Å². The van der Waals surface area contributed by atoms with Crippen LogP contribution in [0.1, 0.15) is 12.0 Å². The second-order valence-electron chi connectivity index (χ2n) is 4.63. The Balaban J connectivity index is 1.77. The van der Waals surface area contributed by atoms with Crippen LogP contribution in [-0.2, 0) is 11.2 Å². The lowest BCUT2D eigenvalue weighted by Crippen LogP contribution is -2.61. The summed E-state index contributed by atoms with van der Waals surface area (Å²) >= 11 is 0. The van der Waals surface area contributed by atoms with Gasteiger partial charge in [0.1, 0.15) is 0 Å². The van der Waals surface area contributed by atoms with Crippen LogP contribution in [0.4, 0.5) is 0 Å². The van der Waals surface area contributed by atoms with E-state index in [-0.39, 0.29) is 11.9 Å². The zero-order valence-electron chi connectivity index (χ0n) is 9.88. The molecule has 0 aromatic heterocycles. The van der Waals surface area contributed by atoms with Crippen LogP contribution in [0.2, 0.25) is 0 Å². The fourth-order valence-electron chi connectivity index (χ4n) is 2.02. The summed E-state index contributed by atoms with van der Waals surface area (Å²) < 4.78 is 0. The van der Waals surface area contributed by atoms with Crippen LogP contribution >= 0.6 is 0 Å². The molecule has 1 fully saturated rings. The molecule has 1 aromatic rings. The van der Waals surface area contributed by atoms with Crippen LogP contribution in [0.5, 0.6) is 0 Å². The van der Waals surface area contributed by atoms with Gasteiger partial charge in [0.2, 0.25) is 5.91 Å². The van der Waals surface area contributed by atoms with Crippen LogP contribution in [0, 0.1) is 0 Å². The smallest absolute Gasteiger partial charge is 0.239 e. The highest BCUT2D eigenvalue weighted by atomic mass is 16.2. The fraction of sp³-hybridized carbons (Fsp3) is 0.462. The van der Waals surface area contributed by atoms with Crippen molar-refractivity contribution in [3.63, 3.8) is 0 Å². The fourth-order valence-corrected chi connectivity index (χ4v) is 2.02. The molecule has 1 atom stereocenters. The van der Waals surface area contributed by atoms with Gasteiger partial charge in [-0.3, -0.25) is 4.79 Å². The maximum absolute atomic E-state index is 11.8. The predicted octanol–water partition coefficient (Wildman–Crippen LogP) is 0.116. The van der Waals surface area contributed by atoms with Crippen LogP contribution in [0.25, 0.3) is 0 Å². The van der Waals surface area contributed by atoms with Gasteiger partial charge in [-0.25, -0.2) is 0 Å². The maximum Gasteiger partial charge on any atom is 0.239 e. The number of nitrogens with zero attached hydrogens (tertiary/aromatic N) is 1. The van der Waals surface area contributed by atoms with E-state index < -0.39 is 6.04 Å². The van der Waals surface area contributed by atoms with Gasteiger partial charge in [-0.1, -0.05) is 30.3 Å². The lowest BCUT2D eigenvalue weighted by atomic mass is 10.0. The Morgan fingerprint density at radius 1 is 1.35 bits per heavy atom. The lowest BCUT2D eigenvalue weighted by Gasteiger charge is -2.38. The van der Waals surface area contributed by atoms with E-state index in [0.717, 1.165) is 6.42 Å². The molecule has 1 heterocycles. The van der Waals surface area contributed by atoms with E-state index in [1.807, 2.05) is 18.2 Å². The van der Waals surface area contributed by atoms with Crippen molar-refractivity contribution in [2.45, 2.75) is 24.9 Å². The molecule has 4 heteroatoms. The molecule has 1 amide bonds. The van der Waals surface area contributed by atoms with E-state index in [1.165, 1.54) is 5.56 Å². The summed E-state index contributed by atoms with van der Waals surface area (Å²) in [5.41, 5.74) is 12.7. The highest BCUT2D eigenvalue weighted by Crippen LogP contribution is 2.10. The number of carbonyl (C=O) groups is 1. The monoisotopic (exact) mass is 233 g/mol. The molecule has 4 nitrogen and oxygen atoms in total. The highest BCUT2D eigenvalue weighted by Gasteiger charge is 2.30. The Morgan fingerprint density at radius 2 is 2.00 bits per heavy atom. The largest absolute Gasteiger partial charge is 0.338 e. The van der Waals surface area contributed by atoms with Crippen LogP contribution in [0.3, 0.4) is 0 Å². The number of carbonyl (C=O) groups excluding carboxylic acids is 1. The molecule has 0 bridgehead atoms. The van der Waals surface area contributed by atoms with Crippen LogP contribution in [0.15, 0.2) is 30.3 Å². The molecule has 1 aliphatic rings. The van der Waals surface area contributed by atoms with Crippen LogP contribution < -0.4 is 11.5 Å². The van der Waals surface area contributed by atoms with Crippen molar-refractivity contribution in [3.8, 4) is 0 Å². The molecular weight excluding hydrogens is 214 g/mol. The summed E-state index contributed by atoms with van der Waals surface area (Å²) in [6.45, 7) is 1.30. The summed E-state index contributed by atoms with van der Waals surface area (Å²) in [4.78, 5) is 13.6. The number of likely N-dealkylation sites (tertiary alicyclic amines) is 1. The molecule has 0 spiro atoms. The topological polar surface area (TPSA) is 72.3 Å². The molecule has 0 saturated carbocycles. The number of hydrogen-bond donors (Lipinski definition) is 2. The van der Waals surface area contributed by atoms with Gasteiger partial charge in [-0.15, -0.1) is 0 Å². The normalized spacial score (nSPS) is 17.6. The van der Waals surface area contributed by atoms with E-state index in [9.17, 15) is 4.79 Å². The van der Waals surface area contributed by atoms with Crippen molar-refractivity contribution in [1.82, 2.24) is 4.90 Å². The van der Waals surface area contributed by atoms with Crippen molar-refractivity contribution >= 4 is 5.91 Å². The van der Waals surface area contributed by atoms with Crippen LogP contribution in [-0.4, -0.2) is 36.0 Å². The van der Waals surface area contributed by atoms with Crippen molar-refractivity contribution in [1.29, 1.82) is 0 Å². The standard InChI is InChI=1S/C13H19N3O/c14-11-8-16(9-11)13(17)12(15)7-6-10-4-2-1-3-5-10/h1-5,11-12H,6-9,14-15H2/t12-/m0/s1. The maximum atomic E-state index is 11.8. The third kappa shape index (κ3) is 3.05. The van der Waals surface area contributed by atoms with Crippen molar-refractivity contribution in [3.05, 3.63) is 35.9 Å². The minimum absolute atomic E-state index is 0.0302. The summed E-state index contributed by atoms with van der Waals surface area (Å²) in [7, 11) is 0. The summed E-state index contributed by atoms with van der Waals surface area (Å²) in [5.74, 6) is 0.0302. The van der Waals surface area contributed by atoms with Gasteiger partial charge in [-0.05, 0) is 18.4 Å². The van der Waals surface area contributed by atoms with Gasteiger partial charge in [0, 0.05) is 19.1 Å². The average Bonchev–Trinajstić information content (AvgIpc) is 2.32. The molecule has 1 aliphatic heterocycles. The molecule has 0 unspecified atom stereocenters. The van der Waals surface area contributed by atoms with Gasteiger partial charge in [0.05, 0.1) is 6.04 Å². The zero-order chi connectivity index (χ0) is 12.3. The summed E-state index contributed by atoms with van der Waals surface area (Å²) in [6.07, 6.45) is 1.53. The Hall–Kier alpha value is -1.39. The molecule has 0 aliphatic carbocycles. The Kier molecular flexibility index (Phi) is 3.76. The second-order valence-corrected chi connectivity index (χ2v) is 4.63. The molecular formula is C13H19N3O. The van der Waals surface area contributed by atoms with Crippen molar-refractivity contribution < 1.29 is 4.79 Å². The number of amides is 1. The molecule has 92 valence electrons. The number of rotatable bonds is 4. The lowest BCUT2D eigenvalue weighted by molar-refractivity contribution is -0.137. The first-order valence-electron chi connectivity index (χ1n) is 6.00. The summed E-state index contributed by atoms with van der Waals surface area (Å²) in [6, 6.07) is 9.82. The third-order valence-electron chi connectivity index (χ3n) is 3.13. The van der Waals surface area contributed by atoms with E-state index >= 15 is 0 Å². The Bertz CT molecular complexity index is 374. The number of hydrogen-bond acceptors (Lipinski definition) is 3.